The lowest BCUT2D eigenvalue weighted by Crippen LogP contribution is -2.45. The number of rotatable bonds is 7. The number of para-hydroxylation sites is 1. The molecule has 1 saturated heterocycles. The van der Waals surface area contributed by atoms with E-state index in [1.54, 1.807) is 11.7 Å². The van der Waals surface area contributed by atoms with E-state index in [0.29, 0.717) is 49.0 Å². The number of benzene rings is 1. The van der Waals surface area contributed by atoms with E-state index >= 15 is 0 Å². The van der Waals surface area contributed by atoms with Gasteiger partial charge in [0, 0.05) is 39.1 Å². The number of hydrogen-bond donors (Lipinski definition) is 3. The second kappa shape index (κ2) is 10.5. The predicted octanol–water partition coefficient (Wildman–Crippen LogP) is 1.43. The number of nitrogens with two attached hydrogens (primary N) is 1. The van der Waals surface area contributed by atoms with Crippen molar-refractivity contribution in [1.82, 2.24) is 25.3 Å². The van der Waals surface area contributed by atoms with Crippen molar-refractivity contribution in [2.24, 2.45) is 4.99 Å². The number of likely N-dealkylation sites (tertiary alicyclic amines) is 1. The van der Waals surface area contributed by atoms with Crippen LogP contribution in [0.25, 0.3) is 5.69 Å². The Bertz CT molecular complexity index is 960. The van der Waals surface area contributed by atoms with Gasteiger partial charge in [0.1, 0.15) is 17.5 Å². The van der Waals surface area contributed by atoms with Gasteiger partial charge in [-0.3, -0.25) is 9.79 Å². The number of amides is 1. The molecule has 1 aliphatic rings. The molecule has 2 heterocycles. The van der Waals surface area contributed by atoms with Crippen molar-refractivity contribution in [1.29, 1.82) is 5.26 Å². The second-order valence-corrected chi connectivity index (χ2v) is 7.49. The normalized spacial score (nSPS) is 16.2. The summed E-state index contributed by atoms with van der Waals surface area (Å²) in [6.45, 7) is 4.05. The molecular formula is C22H30N8O. The highest BCUT2D eigenvalue weighted by Gasteiger charge is 2.25. The number of nitriles is 1. The molecule has 1 aromatic carbocycles. The van der Waals surface area contributed by atoms with Gasteiger partial charge in [0.05, 0.1) is 11.4 Å². The Balaban J connectivity index is 1.51. The molecular weight excluding hydrogens is 392 g/mol. The fraction of sp³-hybridized carbons (Fsp3) is 0.455. The number of nitrogens with one attached hydrogen (secondary N) is 2. The number of nitrogens with zero attached hydrogens (tertiary/aromatic N) is 5. The minimum Gasteiger partial charge on any atom is -0.382 e. The summed E-state index contributed by atoms with van der Waals surface area (Å²) in [6, 6.07) is 11.9. The molecule has 1 aliphatic heterocycles. The van der Waals surface area contributed by atoms with E-state index in [2.05, 4.69) is 26.8 Å². The fourth-order valence-corrected chi connectivity index (χ4v) is 3.72. The monoisotopic (exact) mass is 422 g/mol. The van der Waals surface area contributed by atoms with Crippen LogP contribution in [0.3, 0.4) is 0 Å². The standard InChI is InChI=1S/C22H30N8O/c1-3-20(31)29-13-11-16(15-29)27-22(25-2)26-12-7-10-19-18(14-23)21(24)30(28-19)17-8-5-4-6-9-17/h4-6,8-9,16H,3,7,10-13,15,24H2,1-2H3,(H2,25,26,27). The van der Waals surface area contributed by atoms with E-state index in [1.165, 1.54) is 0 Å². The van der Waals surface area contributed by atoms with Gasteiger partial charge in [0.2, 0.25) is 5.91 Å². The lowest BCUT2D eigenvalue weighted by atomic mass is 10.1. The Hall–Kier alpha value is -3.54. The van der Waals surface area contributed by atoms with Crippen molar-refractivity contribution in [3.05, 3.63) is 41.6 Å². The molecule has 1 amide bonds. The van der Waals surface area contributed by atoms with Gasteiger partial charge >= 0.3 is 0 Å². The summed E-state index contributed by atoms with van der Waals surface area (Å²) in [6.07, 6.45) is 2.84. The first kappa shape index (κ1) is 22.2. The van der Waals surface area contributed by atoms with Crippen LogP contribution in [-0.2, 0) is 11.2 Å². The predicted molar refractivity (Wildman–Crippen MR) is 121 cm³/mol. The quantitative estimate of drug-likeness (QED) is 0.352. The molecule has 0 spiro atoms. The third-order valence-corrected chi connectivity index (χ3v) is 5.40. The zero-order chi connectivity index (χ0) is 22.2. The first-order valence-electron chi connectivity index (χ1n) is 10.6. The number of anilines is 1. The SMILES string of the molecule is CCC(=O)N1CCC(NC(=NC)NCCCc2nn(-c3ccccc3)c(N)c2C#N)C1. The molecule has 0 radical (unpaired) electrons. The third kappa shape index (κ3) is 5.34. The first-order chi connectivity index (χ1) is 15.1. The highest BCUT2D eigenvalue weighted by Crippen LogP contribution is 2.21. The Morgan fingerprint density at radius 2 is 2.16 bits per heavy atom. The maximum atomic E-state index is 11.8. The number of guanidine groups is 1. The number of carbonyl (C=O) groups is 1. The maximum absolute atomic E-state index is 11.8. The third-order valence-electron chi connectivity index (χ3n) is 5.40. The Morgan fingerprint density at radius 1 is 1.39 bits per heavy atom. The van der Waals surface area contributed by atoms with Crippen molar-refractivity contribution in [3.63, 3.8) is 0 Å². The van der Waals surface area contributed by atoms with Gasteiger partial charge in [-0.05, 0) is 31.4 Å². The molecule has 3 rings (SSSR count). The molecule has 2 aromatic rings. The summed E-state index contributed by atoms with van der Waals surface area (Å²) in [5.74, 6) is 1.27. The van der Waals surface area contributed by atoms with E-state index in [-0.39, 0.29) is 11.9 Å². The van der Waals surface area contributed by atoms with Crippen LogP contribution in [0.4, 0.5) is 5.82 Å². The van der Waals surface area contributed by atoms with E-state index in [4.69, 9.17) is 5.73 Å². The van der Waals surface area contributed by atoms with Crippen LogP contribution in [0.5, 0.6) is 0 Å². The van der Waals surface area contributed by atoms with Crippen LogP contribution in [0.15, 0.2) is 35.3 Å². The van der Waals surface area contributed by atoms with Gasteiger partial charge < -0.3 is 21.3 Å². The number of aromatic nitrogens is 2. The van der Waals surface area contributed by atoms with Crippen LogP contribution in [-0.4, -0.2) is 59.3 Å². The molecule has 1 atom stereocenters. The fourth-order valence-electron chi connectivity index (χ4n) is 3.72. The topological polar surface area (TPSA) is 124 Å². The van der Waals surface area contributed by atoms with Crippen molar-refractivity contribution >= 4 is 17.7 Å². The molecule has 0 aliphatic carbocycles. The van der Waals surface area contributed by atoms with Crippen molar-refractivity contribution in [3.8, 4) is 11.8 Å². The van der Waals surface area contributed by atoms with Gasteiger partial charge in [0.25, 0.3) is 0 Å². The zero-order valence-electron chi connectivity index (χ0n) is 18.1. The van der Waals surface area contributed by atoms with Crippen LogP contribution in [0, 0.1) is 11.3 Å². The minimum atomic E-state index is 0.190. The molecule has 1 fully saturated rings. The highest BCUT2D eigenvalue weighted by molar-refractivity contribution is 5.80. The number of aliphatic imine (C=N–C) groups is 1. The summed E-state index contributed by atoms with van der Waals surface area (Å²) in [7, 11) is 1.73. The van der Waals surface area contributed by atoms with E-state index in [0.717, 1.165) is 25.1 Å². The summed E-state index contributed by atoms with van der Waals surface area (Å²) >= 11 is 0. The molecule has 4 N–H and O–H groups in total. The second-order valence-electron chi connectivity index (χ2n) is 7.49. The van der Waals surface area contributed by atoms with Gasteiger partial charge in [-0.1, -0.05) is 25.1 Å². The van der Waals surface area contributed by atoms with Gasteiger partial charge in [-0.15, -0.1) is 0 Å². The smallest absolute Gasteiger partial charge is 0.222 e. The Morgan fingerprint density at radius 3 is 2.84 bits per heavy atom. The average Bonchev–Trinajstić information content (AvgIpc) is 3.39. The van der Waals surface area contributed by atoms with E-state index in [1.807, 2.05) is 42.2 Å². The summed E-state index contributed by atoms with van der Waals surface area (Å²) < 4.78 is 1.62. The van der Waals surface area contributed by atoms with Crippen LogP contribution in [0.2, 0.25) is 0 Å². The average molecular weight is 423 g/mol. The molecule has 9 heteroatoms. The molecule has 31 heavy (non-hydrogen) atoms. The van der Waals surface area contributed by atoms with Crippen LogP contribution < -0.4 is 16.4 Å². The van der Waals surface area contributed by atoms with Crippen molar-refractivity contribution in [2.75, 3.05) is 32.4 Å². The zero-order valence-corrected chi connectivity index (χ0v) is 18.1. The van der Waals surface area contributed by atoms with Crippen molar-refractivity contribution in [2.45, 2.75) is 38.6 Å². The Kier molecular flexibility index (Phi) is 7.49. The van der Waals surface area contributed by atoms with Gasteiger partial charge in [0.15, 0.2) is 5.96 Å². The molecule has 0 bridgehead atoms. The highest BCUT2D eigenvalue weighted by atomic mass is 16.2. The summed E-state index contributed by atoms with van der Waals surface area (Å²) in [4.78, 5) is 18.0. The summed E-state index contributed by atoms with van der Waals surface area (Å²) in [5, 5.41) is 20.8. The minimum absolute atomic E-state index is 0.190. The van der Waals surface area contributed by atoms with E-state index < -0.39 is 0 Å². The van der Waals surface area contributed by atoms with Gasteiger partial charge in [-0.25, -0.2) is 4.68 Å². The number of hydrogen-bond acceptors (Lipinski definition) is 5. The number of carbonyl (C=O) groups excluding carboxylic acids is 1. The molecule has 0 saturated carbocycles. The molecule has 9 nitrogen and oxygen atoms in total. The van der Waals surface area contributed by atoms with Crippen LogP contribution in [0.1, 0.15) is 37.4 Å². The number of nitrogen functional groups attached to an aromatic ring is 1. The molecule has 164 valence electrons. The van der Waals surface area contributed by atoms with Gasteiger partial charge in [-0.2, -0.15) is 10.4 Å². The van der Waals surface area contributed by atoms with Crippen LogP contribution >= 0.6 is 0 Å². The molecule has 1 unspecified atom stereocenters. The lowest BCUT2D eigenvalue weighted by molar-refractivity contribution is -0.129. The first-order valence-corrected chi connectivity index (χ1v) is 10.6. The lowest BCUT2D eigenvalue weighted by Gasteiger charge is -2.18. The Labute approximate surface area is 182 Å². The summed E-state index contributed by atoms with van der Waals surface area (Å²) in [5.41, 5.74) is 8.11. The maximum Gasteiger partial charge on any atom is 0.222 e. The van der Waals surface area contributed by atoms with Crippen molar-refractivity contribution < 1.29 is 4.79 Å². The largest absolute Gasteiger partial charge is 0.382 e. The number of aryl methyl sites for hydroxylation is 1. The van der Waals surface area contributed by atoms with E-state index in [9.17, 15) is 10.1 Å². The molecule has 1 aromatic heterocycles.